The SMILES string of the molecule is CCOC(=O)C1=C(CN2CCC(C(O)c3ccccc3)CC2)NC(=O)NC1. The lowest BCUT2D eigenvalue weighted by Crippen LogP contribution is -2.48. The van der Waals surface area contributed by atoms with Crippen LogP contribution in [0.15, 0.2) is 41.6 Å². The molecule has 1 atom stereocenters. The number of esters is 1. The molecule has 3 rings (SSSR count). The summed E-state index contributed by atoms with van der Waals surface area (Å²) in [5.74, 6) is -0.181. The summed E-state index contributed by atoms with van der Waals surface area (Å²) in [5, 5.41) is 16.0. The van der Waals surface area contributed by atoms with Crippen molar-refractivity contribution < 1.29 is 19.4 Å². The fourth-order valence-corrected chi connectivity index (χ4v) is 3.65. The highest BCUT2D eigenvalue weighted by Crippen LogP contribution is 2.30. The minimum absolute atomic E-state index is 0.184. The number of aliphatic hydroxyl groups excluding tert-OH is 1. The molecule has 0 aliphatic carbocycles. The van der Waals surface area contributed by atoms with Gasteiger partial charge in [0, 0.05) is 12.2 Å². The average Bonchev–Trinajstić information content (AvgIpc) is 2.69. The highest BCUT2D eigenvalue weighted by molar-refractivity contribution is 5.93. The molecule has 1 unspecified atom stereocenters. The van der Waals surface area contributed by atoms with Crippen LogP contribution in [-0.4, -0.2) is 54.8 Å². The van der Waals surface area contributed by atoms with Crippen LogP contribution in [-0.2, 0) is 9.53 Å². The second-order valence-electron chi connectivity index (χ2n) is 6.95. The lowest BCUT2D eigenvalue weighted by atomic mass is 9.87. The Morgan fingerprint density at radius 3 is 2.67 bits per heavy atom. The summed E-state index contributed by atoms with van der Waals surface area (Å²) >= 11 is 0. The molecule has 0 saturated carbocycles. The van der Waals surface area contributed by atoms with Gasteiger partial charge in [0.1, 0.15) is 0 Å². The Bertz CT molecular complexity index is 696. The molecular weight excluding hydrogens is 346 g/mol. The number of nitrogens with zero attached hydrogens (tertiary/aromatic N) is 1. The maximum Gasteiger partial charge on any atom is 0.337 e. The van der Waals surface area contributed by atoms with Crippen molar-refractivity contribution in [2.45, 2.75) is 25.9 Å². The molecule has 2 heterocycles. The number of benzene rings is 1. The molecule has 2 aliphatic heterocycles. The van der Waals surface area contributed by atoms with E-state index in [4.69, 9.17) is 4.74 Å². The third-order valence-corrected chi connectivity index (χ3v) is 5.18. The molecule has 2 amide bonds. The molecule has 27 heavy (non-hydrogen) atoms. The van der Waals surface area contributed by atoms with E-state index < -0.39 is 12.1 Å². The fourth-order valence-electron chi connectivity index (χ4n) is 3.65. The predicted octanol–water partition coefficient (Wildman–Crippen LogP) is 1.56. The average molecular weight is 373 g/mol. The summed E-state index contributed by atoms with van der Waals surface area (Å²) in [6, 6.07) is 9.44. The normalized spacial score (nSPS) is 20.0. The van der Waals surface area contributed by atoms with Crippen molar-refractivity contribution in [3.05, 3.63) is 47.2 Å². The summed E-state index contributed by atoms with van der Waals surface area (Å²) in [5.41, 5.74) is 2.04. The standard InChI is InChI=1S/C20H27N3O4/c1-2-27-19(25)16-12-21-20(26)22-17(16)13-23-10-8-15(9-11-23)18(24)14-6-4-3-5-7-14/h3-7,15,18,24H,2,8-13H2,1H3,(H2,21,22,26). The molecule has 0 aromatic heterocycles. The highest BCUT2D eigenvalue weighted by atomic mass is 16.5. The number of urea groups is 1. The Morgan fingerprint density at radius 2 is 2.00 bits per heavy atom. The molecule has 3 N–H and O–H groups in total. The van der Waals surface area contributed by atoms with Crippen LogP contribution in [0.5, 0.6) is 0 Å². The molecule has 146 valence electrons. The van der Waals surface area contributed by atoms with Crippen LogP contribution >= 0.6 is 0 Å². The number of piperidine rings is 1. The van der Waals surface area contributed by atoms with Gasteiger partial charge >= 0.3 is 12.0 Å². The third-order valence-electron chi connectivity index (χ3n) is 5.18. The van der Waals surface area contributed by atoms with Gasteiger partial charge < -0.3 is 20.5 Å². The van der Waals surface area contributed by atoms with Crippen molar-refractivity contribution in [3.8, 4) is 0 Å². The second kappa shape index (κ2) is 9.01. The Labute approximate surface area is 159 Å². The van der Waals surface area contributed by atoms with Gasteiger partial charge in [-0.3, -0.25) is 4.90 Å². The first-order chi connectivity index (χ1) is 13.1. The van der Waals surface area contributed by atoms with Crippen LogP contribution in [0.3, 0.4) is 0 Å². The number of rotatable bonds is 6. The first kappa shape index (κ1) is 19.4. The lowest BCUT2D eigenvalue weighted by molar-refractivity contribution is -0.138. The van der Waals surface area contributed by atoms with E-state index in [0.29, 0.717) is 24.4 Å². The van der Waals surface area contributed by atoms with Crippen LogP contribution in [0.25, 0.3) is 0 Å². The topological polar surface area (TPSA) is 90.9 Å². The van der Waals surface area contributed by atoms with E-state index >= 15 is 0 Å². The molecule has 7 heteroatoms. The molecule has 1 aromatic rings. The van der Waals surface area contributed by atoms with Gasteiger partial charge in [-0.05, 0) is 44.3 Å². The monoisotopic (exact) mass is 373 g/mol. The van der Waals surface area contributed by atoms with Gasteiger partial charge in [0.05, 0.1) is 24.8 Å². The van der Waals surface area contributed by atoms with Crippen LogP contribution in [0.1, 0.15) is 31.4 Å². The van der Waals surface area contributed by atoms with Gasteiger partial charge in [-0.15, -0.1) is 0 Å². The van der Waals surface area contributed by atoms with E-state index in [2.05, 4.69) is 15.5 Å². The number of amides is 2. The molecule has 2 aliphatic rings. The summed E-state index contributed by atoms with van der Waals surface area (Å²) < 4.78 is 5.09. The first-order valence-electron chi connectivity index (χ1n) is 9.47. The van der Waals surface area contributed by atoms with E-state index in [1.165, 1.54) is 0 Å². The number of hydrogen-bond donors (Lipinski definition) is 3. The molecule has 0 bridgehead atoms. The van der Waals surface area contributed by atoms with Gasteiger partial charge in [-0.25, -0.2) is 9.59 Å². The van der Waals surface area contributed by atoms with Crippen molar-refractivity contribution in [2.75, 3.05) is 32.8 Å². The summed E-state index contributed by atoms with van der Waals surface area (Å²) in [4.78, 5) is 26.0. The minimum Gasteiger partial charge on any atom is -0.463 e. The van der Waals surface area contributed by atoms with Gasteiger partial charge in [-0.2, -0.15) is 0 Å². The van der Waals surface area contributed by atoms with E-state index in [-0.39, 0.29) is 18.5 Å². The molecule has 1 saturated heterocycles. The first-order valence-corrected chi connectivity index (χ1v) is 9.47. The maximum atomic E-state index is 12.1. The fraction of sp³-hybridized carbons (Fsp3) is 0.500. The Hall–Kier alpha value is -2.38. The second-order valence-corrected chi connectivity index (χ2v) is 6.95. The quantitative estimate of drug-likeness (QED) is 0.659. The lowest BCUT2D eigenvalue weighted by Gasteiger charge is -2.35. The van der Waals surface area contributed by atoms with Crippen molar-refractivity contribution in [1.82, 2.24) is 15.5 Å². The molecule has 1 aromatic carbocycles. The van der Waals surface area contributed by atoms with E-state index in [9.17, 15) is 14.7 Å². The smallest absolute Gasteiger partial charge is 0.337 e. The van der Waals surface area contributed by atoms with Crippen molar-refractivity contribution in [3.63, 3.8) is 0 Å². The minimum atomic E-state index is -0.457. The van der Waals surface area contributed by atoms with Gasteiger partial charge in [-0.1, -0.05) is 30.3 Å². The van der Waals surface area contributed by atoms with Crippen LogP contribution < -0.4 is 10.6 Å². The number of aliphatic hydroxyl groups is 1. The highest BCUT2D eigenvalue weighted by Gasteiger charge is 2.29. The molecule has 0 spiro atoms. The van der Waals surface area contributed by atoms with Crippen LogP contribution in [0, 0.1) is 5.92 Å². The van der Waals surface area contributed by atoms with Crippen molar-refractivity contribution in [1.29, 1.82) is 0 Å². The van der Waals surface area contributed by atoms with Crippen LogP contribution in [0.4, 0.5) is 4.79 Å². The molecule has 0 radical (unpaired) electrons. The number of hydrogen-bond acceptors (Lipinski definition) is 5. The summed E-state index contributed by atoms with van der Waals surface area (Å²) in [6.45, 7) is 4.34. The van der Waals surface area contributed by atoms with Gasteiger partial charge in [0.2, 0.25) is 0 Å². The van der Waals surface area contributed by atoms with E-state index in [0.717, 1.165) is 31.5 Å². The zero-order valence-corrected chi connectivity index (χ0v) is 15.6. The third kappa shape index (κ3) is 4.87. The zero-order valence-electron chi connectivity index (χ0n) is 15.6. The number of carbonyl (C=O) groups excluding carboxylic acids is 2. The Kier molecular flexibility index (Phi) is 6.47. The number of ether oxygens (including phenoxy) is 1. The van der Waals surface area contributed by atoms with Crippen LogP contribution in [0.2, 0.25) is 0 Å². The molecule has 7 nitrogen and oxygen atoms in total. The number of carbonyl (C=O) groups is 2. The Morgan fingerprint density at radius 1 is 1.30 bits per heavy atom. The van der Waals surface area contributed by atoms with Gasteiger partial charge in [0.25, 0.3) is 0 Å². The van der Waals surface area contributed by atoms with Gasteiger partial charge in [0.15, 0.2) is 0 Å². The Balaban J connectivity index is 1.60. The molecular formula is C20H27N3O4. The summed E-state index contributed by atoms with van der Waals surface area (Å²) in [7, 11) is 0. The maximum absolute atomic E-state index is 12.1. The number of nitrogens with one attached hydrogen (secondary N) is 2. The van der Waals surface area contributed by atoms with E-state index in [1.807, 2.05) is 30.3 Å². The number of likely N-dealkylation sites (tertiary alicyclic amines) is 1. The zero-order chi connectivity index (χ0) is 19.2. The molecule has 1 fully saturated rings. The van der Waals surface area contributed by atoms with Crippen molar-refractivity contribution >= 4 is 12.0 Å². The van der Waals surface area contributed by atoms with E-state index in [1.54, 1.807) is 6.92 Å². The largest absolute Gasteiger partial charge is 0.463 e. The summed E-state index contributed by atoms with van der Waals surface area (Å²) in [6.07, 6.45) is 1.27. The van der Waals surface area contributed by atoms with Crippen molar-refractivity contribution in [2.24, 2.45) is 5.92 Å². The predicted molar refractivity (Wildman–Crippen MR) is 101 cm³/mol.